The van der Waals surface area contributed by atoms with Crippen LogP contribution in [0.15, 0.2) is 46.9 Å². The average Bonchev–Trinajstić information content (AvgIpc) is 2.88. The monoisotopic (exact) mass is 316 g/mol. The van der Waals surface area contributed by atoms with E-state index in [1.165, 1.54) is 0 Å². The Kier molecular flexibility index (Phi) is 3.38. The molecule has 2 nitrogen and oxygen atoms in total. The smallest absolute Gasteiger partial charge is 0.167 e. The molecule has 1 aliphatic rings. The normalized spacial score (nSPS) is 12.9. The van der Waals surface area contributed by atoms with Crippen LogP contribution in [-0.4, -0.2) is 12.4 Å². The van der Waals surface area contributed by atoms with Gasteiger partial charge in [-0.2, -0.15) is 0 Å². The second-order valence-electron chi connectivity index (χ2n) is 4.65. The number of Topliss-reactive ketones (excluding diaryl/α,β-unsaturated/α-hetero) is 1. The van der Waals surface area contributed by atoms with E-state index in [1.54, 1.807) is 0 Å². The maximum Gasteiger partial charge on any atom is 0.167 e. The van der Waals surface area contributed by atoms with Crippen molar-refractivity contribution in [2.45, 2.75) is 12.8 Å². The van der Waals surface area contributed by atoms with E-state index in [0.717, 1.165) is 39.9 Å². The third-order valence-electron chi connectivity index (χ3n) is 3.29. The molecule has 0 amide bonds. The van der Waals surface area contributed by atoms with Crippen LogP contribution in [0.4, 0.5) is 0 Å². The topological polar surface area (TPSA) is 26.3 Å². The minimum absolute atomic E-state index is 0.150. The van der Waals surface area contributed by atoms with Crippen molar-refractivity contribution in [3.05, 3.63) is 63.6 Å². The fourth-order valence-electron chi connectivity index (χ4n) is 2.25. The number of halogens is 1. The Morgan fingerprint density at radius 1 is 1.16 bits per heavy atom. The minimum Gasteiger partial charge on any atom is -0.493 e. The highest BCUT2D eigenvalue weighted by Crippen LogP contribution is 2.26. The number of carbonyl (C=O) groups excluding carboxylic acids is 1. The molecule has 2 aromatic carbocycles. The first-order chi connectivity index (χ1) is 9.22. The van der Waals surface area contributed by atoms with Gasteiger partial charge in [0.1, 0.15) is 5.75 Å². The molecule has 0 aliphatic carbocycles. The first kappa shape index (κ1) is 12.4. The lowest BCUT2D eigenvalue weighted by Gasteiger charge is -2.04. The van der Waals surface area contributed by atoms with E-state index in [4.69, 9.17) is 4.74 Å². The molecule has 0 radical (unpaired) electrons. The standard InChI is InChI=1S/C16H13BrO2/c17-14-4-1-11(2-5-14)9-15(18)12-3-6-16-13(10-12)7-8-19-16/h1-6,10H,7-9H2. The van der Waals surface area contributed by atoms with Crippen LogP contribution in [0.5, 0.6) is 5.75 Å². The Labute approximate surface area is 120 Å². The van der Waals surface area contributed by atoms with Crippen LogP contribution in [0, 0.1) is 0 Å². The molecule has 0 atom stereocenters. The van der Waals surface area contributed by atoms with Crippen molar-refractivity contribution in [2.75, 3.05) is 6.61 Å². The summed E-state index contributed by atoms with van der Waals surface area (Å²) in [6.07, 6.45) is 1.33. The maximum atomic E-state index is 12.2. The molecule has 0 saturated carbocycles. The van der Waals surface area contributed by atoms with Gasteiger partial charge >= 0.3 is 0 Å². The van der Waals surface area contributed by atoms with Gasteiger partial charge in [0.05, 0.1) is 6.61 Å². The molecular weight excluding hydrogens is 304 g/mol. The SMILES string of the molecule is O=C(Cc1ccc(Br)cc1)c1ccc2c(c1)CCO2. The van der Waals surface area contributed by atoms with Crippen molar-refractivity contribution in [1.29, 1.82) is 0 Å². The lowest BCUT2D eigenvalue weighted by atomic mass is 10.0. The Morgan fingerprint density at radius 2 is 1.95 bits per heavy atom. The molecule has 0 bridgehead atoms. The lowest BCUT2D eigenvalue weighted by molar-refractivity contribution is 0.0993. The summed E-state index contributed by atoms with van der Waals surface area (Å²) in [4.78, 5) is 12.2. The molecule has 0 saturated heterocycles. The summed E-state index contributed by atoms with van der Waals surface area (Å²) in [7, 11) is 0. The van der Waals surface area contributed by atoms with E-state index in [2.05, 4.69) is 15.9 Å². The quantitative estimate of drug-likeness (QED) is 0.805. The molecule has 0 aromatic heterocycles. The summed E-state index contributed by atoms with van der Waals surface area (Å²) in [6, 6.07) is 13.6. The van der Waals surface area contributed by atoms with E-state index in [0.29, 0.717) is 6.42 Å². The number of ether oxygens (including phenoxy) is 1. The first-order valence-corrected chi connectivity index (χ1v) is 7.05. The lowest BCUT2D eigenvalue weighted by Crippen LogP contribution is -2.03. The molecule has 19 heavy (non-hydrogen) atoms. The van der Waals surface area contributed by atoms with Gasteiger partial charge in [-0.25, -0.2) is 0 Å². The van der Waals surface area contributed by atoms with Gasteiger partial charge < -0.3 is 4.74 Å². The Balaban J connectivity index is 1.78. The number of benzene rings is 2. The average molecular weight is 317 g/mol. The molecule has 2 aromatic rings. The van der Waals surface area contributed by atoms with Crippen LogP contribution in [0.3, 0.4) is 0 Å². The molecule has 1 heterocycles. The van der Waals surface area contributed by atoms with Crippen LogP contribution in [0.25, 0.3) is 0 Å². The molecule has 96 valence electrons. The Bertz CT molecular complexity index is 617. The van der Waals surface area contributed by atoms with E-state index in [9.17, 15) is 4.79 Å². The van der Waals surface area contributed by atoms with E-state index in [-0.39, 0.29) is 5.78 Å². The predicted molar refractivity (Wildman–Crippen MR) is 77.8 cm³/mol. The highest BCUT2D eigenvalue weighted by atomic mass is 79.9. The highest BCUT2D eigenvalue weighted by Gasteiger charge is 2.15. The Hall–Kier alpha value is -1.61. The molecular formula is C16H13BrO2. The van der Waals surface area contributed by atoms with Gasteiger partial charge in [0.2, 0.25) is 0 Å². The van der Waals surface area contributed by atoms with Gasteiger partial charge in [-0.3, -0.25) is 4.79 Å². The van der Waals surface area contributed by atoms with Crippen molar-refractivity contribution in [1.82, 2.24) is 0 Å². The van der Waals surface area contributed by atoms with E-state index < -0.39 is 0 Å². The van der Waals surface area contributed by atoms with Crippen LogP contribution < -0.4 is 4.74 Å². The third kappa shape index (κ3) is 2.71. The summed E-state index contributed by atoms with van der Waals surface area (Å²) in [5, 5.41) is 0. The van der Waals surface area contributed by atoms with Gasteiger partial charge in [0, 0.05) is 22.9 Å². The number of carbonyl (C=O) groups is 1. The van der Waals surface area contributed by atoms with Crippen LogP contribution >= 0.6 is 15.9 Å². The zero-order valence-electron chi connectivity index (χ0n) is 10.4. The van der Waals surface area contributed by atoms with Crippen molar-refractivity contribution in [3.8, 4) is 5.75 Å². The second-order valence-corrected chi connectivity index (χ2v) is 5.56. The molecule has 1 aliphatic heterocycles. The van der Waals surface area contributed by atoms with Gasteiger partial charge in [0.25, 0.3) is 0 Å². The molecule has 0 fully saturated rings. The van der Waals surface area contributed by atoms with Crippen molar-refractivity contribution < 1.29 is 9.53 Å². The van der Waals surface area contributed by atoms with Gasteiger partial charge in [-0.15, -0.1) is 0 Å². The van der Waals surface area contributed by atoms with Crippen LogP contribution in [-0.2, 0) is 12.8 Å². The number of hydrogen-bond donors (Lipinski definition) is 0. The second kappa shape index (κ2) is 5.17. The molecule has 0 N–H and O–H groups in total. The van der Waals surface area contributed by atoms with Crippen LogP contribution in [0.1, 0.15) is 21.5 Å². The largest absolute Gasteiger partial charge is 0.493 e. The summed E-state index contributed by atoms with van der Waals surface area (Å²) in [5.74, 6) is 1.07. The number of rotatable bonds is 3. The van der Waals surface area contributed by atoms with E-state index in [1.807, 2.05) is 42.5 Å². The molecule has 0 unspecified atom stereocenters. The number of fused-ring (bicyclic) bond motifs is 1. The summed E-state index contributed by atoms with van der Waals surface area (Å²) in [5.41, 5.74) is 2.94. The van der Waals surface area contributed by atoms with Gasteiger partial charge in [0.15, 0.2) is 5.78 Å². The first-order valence-electron chi connectivity index (χ1n) is 6.26. The van der Waals surface area contributed by atoms with Gasteiger partial charge in [-0.1, -0.05) is 28.1 Å². The zero-order valence-corrected chi connectivity index (χ0v) is 11.9. The maximum absolute atomic E-state index is 12.2. The van der Waals surface area contributed by atoms with Gasteiger partial charge in [-0.05, 0) is 41.5 Å². The van der Waals surface area contributed by atoms with Crippen molar-refractivity contribution in [2.24, 2.45) is 0 Å². The minimum atomic E-state index is 0.150. The fraction of sp³-hybridized carbons (Fsp3) is 0.188. The van der Waals surface area contributed by atoms with Crippen LogP contribution in [0.2, 0.25) is 0 Å². The number of hydrogen-bond acceptors (Lipinski definition) is 2. The molecule has 3 rings (SSSR count). The summed E-state index contributed by atoms with van der Waals surface area (Å²) >= 11 is 3.39. The third-order valence-corrected chi connectivity index (χ3v) is 3.82. The summed E-state index contributed by atoms with van der Waals surface area (Å²) < 4.78 is 6.47. The molecule has 0 spiro atoms. The summed E-state index contributed by atoms with van der Waals surface area (Å²) in [6.45, 7) is 0.722. The fourth-order valence-corrected chi connectivity index (χ4v) is 2.51. The number of ketones is 1. The predicted octanol–water partition coefficient (Wildman–Crippen LogP) is 3.81. The van der Waals surface area contributed by atoms with Crippen molar-refractivity contribution in [3.63, 3.8) is 0 Å². The van der Waals surface area contributed by atoms with Crippen molar-refractivity contribution >= 4 is 21.7 Å². The molecule has 3 heteroatoms. The Morgan fingerprint density at radius 3 is 2.74 bits per heavy atom. The van der Waals surface area contributed by atoms with E-state index >= 15 is 0 Å². The highest BCUT2D eigenvalue weighted by molar-refractivity contribution is 9.10. The zero-order chi connectivity index (χ0) is 13.2.